The van der Waals surface area contributed by atoms with Crippen molar-refractivity contribution < 1.29 is 0 Å². The summed E-state index contributed by atoms with van der Waals surface area (Å²) in [5.41, 5.74) is 4.24. The van der Waals surface area contributed by atoms with Crippen molar-refractivity contribution in [3.05, 3.63) is 33.8 Å². The molecule has 1 aliphatic carbocycles. The standard InChI is InChI=1S/C17H21Cl/c1-3-4-7-13(2)10-16-11-14-8-5-6-9-15(14)12-17(16)18/h11-13H,3,5-6,8-10H2,1-2H3. The van der Waals surface area contributed by atoms with Gasteiger partial charge in [0.25, 0.3) is 0 Å². The fourth-order valence-corrected chi connectivity index (χ4v) is 2.88. The molecule has 0 nitrogen and oxygen atoms in total. The Morgan fingerprint density at radius 3 is 2.56 bits per heavy atom. The van der Waals surface area contributed by atoms with Gasteiger partial charge < -0.3 is 0 Å². The van der Waals surface area contributed by atoms with Gasteiger partial charge in [0, 0.05) is 17.4 Å². The lowest BCUT2D eigenvalue weighted by Crippen LogP contribution is -2.05. The molecule has 2 rings (SSSR count). The van der Waals surface area contributed by atoms with Gasteiger partial charge in [-0.1, -0.05) is 37.4 Å². The average Bonchev–Trinajstić information content (AvgIpc) is 2.37. The van der Waals surface area contributed by atoms with Gasteiger partial charge in [-0.3, -0.25) is 0 Å². The molecule has 1 heteroatoms. The van der Waals surface area contributed by atoms with Gasteiger partial charge in [0.05, 0.1) is 0 Å². The van der Waals surface area contributed by atoms with E-state index in [4.69, 9.17) is 11.6 Å². The lowest BCUT2D eigenvalue weighted by Gasteiger charge is -2.18. The van der Waals surface area contributed by atoms with Crippen LogP contribution in [0.3, 0.4) is 0 Å². The van der Waals surface area contributed by atoms with Crippen LogP contribution in [0.25, 0.3) is 0 Å². The summed E-state index contributed by atoms with van der Waals surface area (Å²) in [6.07, 6.45) is 6.94. The fraction of sp³-hybridized carbons (Fsp3) is 0.529. The molecule has 1 atom stereocenters. The van der Waals surface area contributed by atoms with Crippen LogP contribution in [-0.2, 0) is 19.3 Å². The topological polar surface area (TPSA) is 0 Å². The van der Waals surface area contributed by atoms with Crippen LogP contribution in [0.2, 0.25) is 5.02 Å². The molecule has 1 aromatic carbocycles. The summed E-state index contributed by atoms with van der Waals surface area (Å²) in [6.45, 7) is 4.27. The Kier molecular flexibility index (Phi) is 4.72. The number of halogens is 1. The van der Waals surface area contributed by atoms with Crippen LogP contribution in [0.15, 0.2) is 12.1 Å². The second-order valence-electron chi connectivity index (χ2n) is 5.20. The van der Waals surface area contributed by atoms with E-state index in [1.54, 1.807) is 0 Å². The van der Waals surface area contributed by atoms with Crippen LogP contribution in [0.4, 0.5) is 0 Å². The smallest absolute Gasteiger partial charge is 0.0441 e. The van der Waals surface area contributed by atoms with Crippen molar-refractivity contribution in [3.63, 3.8) is 0 Å². The monoisotopic (exact) mass is 260 g/mol. The molecule has 18 heavy (non-hydrogen) atoms. The first-order valence-corrected chi connectivity index (χ1v) is 7.37. The zero-order valence-corrected chi connectivity index (χ0v) is 12.1. The molecule has 0 amide bonds. The largest absolute Gasteiger partial charge is 0.103 e. The quantitative estimate of drug-likeness (QED) is 0.670. The van der Waals surface area contributed by atoms with Gasteiger partial charge in [0.2, 0.25) is 0 Å². The molecule has 0 heterocycles. The highest BCUT2D eigenvalue weighted by Crippen LogP contribution is 2.28. The molecule has 0 saturated carbocycles. The van der Waals surface area contributed by atoms with Crippen molar-refractivity contribution in [2.24, 2.45) is 5.92 Å². The highest BCUT2D eigenvalue weighted by Gasteiger charge is 2.13. The molecule has 0 aliphatic heterocycles. The molecule has 0 radical (unpaired) electrons. The first-order chi connectivity index (χ1) is 8.70. The van der Waals surface area contributed by atoms with Crippen molar-refractivity contribution >= 4 is 11.6 Å². The highest BCUT2D eigenvalue weighted by atomic mass is 35.5. The van der Waals surface area contributed by atoms with Gasteiger partial charge in [-0.25, -0.2) is 0 Å². The van der Waals surface area contributed by atoms with Crippen molar-refractivity contribution in [3.8, 4) is 11.8 Å². The SMILES string of the molecule is CCC#CC(C)Cc1cc2c(cc1Cl)CCCC2. The summed E-state index contributed by atoms with van der Waals surface area (Å²) in [6, 6.07) is 4.51. The minimum atomic E-state index is 0.393. The number of fused-ring (bicyclic) bond motifs is 1. The Bertz CT molecular complexity index is 476. The van der Waals surface area contributed by atoms with Gasteiger partial charge in [0.15, 0.2) is 0 Å². The van der Waals surface area contributed by atoms with Crippen LogP contribution < -0.4 is 0 Å². The third kappa shape index (κ3) is 3.30. The summed E-state index contributed by atoms with van der Waals surface area (Å²) in [5, 5.41) is 0.931. The maximum atomic E-state index is 6.39. The predicted molar refractivity (Wildman–Crippen MR) is 79.0 cm³/mol. The number of benzene rings is 1. The Morgan fingerprint density at radius 2 is 1.89 bits per heavy atom. The van der Waals surface area contributed by atoms with Crippen LogP contribution in [0.5, 0.6) is 0 Å². The molecule has 0 saturated heterocycles. The lowest BCUT2D eigenvalue weighted by atomic mass is 9.88. The van der Waals surface area contributed by atoms with E-state index in [9.17, 15) is 0 Å². The molecule has 0 bridgehead atoms. The first kappa shape index (κ1) is 13.5. The zero-order chi connectivity index (χ0) is 13.0. The molecule has 0 N–H and O–H groups in total. The number of rotatable bonds is 2. The van der Waals surface area contributed by atoms with Crippen molar-refractivity contribution in [2.75, 3.05) is 0 Å². The van der Waals surface area contributed by atoms with Gasteiger partial charge in [0.1, 0.15) is 0 Å². The summed E-state index contributed by atoms with van der Waals surface area (Å²) in [7, 11) is 0. The van der Waals surface area contributed by atoms with E-state index in [0.717, 1.165) is 17.9 Å². The van der Waals surface area contributed by atoms with Gasteiger partial charge in [-0.2, -0.15) is 0 Å². The number of hydrogen-bond donors (Lipinski definition) is 0. The maximum Gasteiger partial charge on any atom is 0.0441 e. The van der Waals surface area contributed by atoms with E-state index in [0.29, 0.717) is 5.92 Å². The minimum Gasteiger partial charge on any atom is -0.103 e. The third-order valence-corrected chi connectivity index (χ3v) is 3.91. The Balaban J connectivity index is 2.18. The molecule has 1 aliphatic rings. The van der Waals surface area contributed by atoms with Crippen LogP contribution in [-0.4, -0.2) is 0 Å². The Morgan fingerprint density at radius 1 is 1.22 bits per heavy atom. The molecule has 0 aromatic heterocycles. The van der Waals surface area contributed by atoms with Crippen LogP contribution >= 0.6 is 11.6 Å². The summed E-state index contributed by atoms with van der Waals surface area (Å²) in [4.78, 5) is 0. The van der Waals surface area contributed by atoms with Crippen LogP contribution in [0, 0.1) is 17.8 Å². The molecule has 96 valence electrons. The van der Waals surface area contributed by atoms with Crippen molar-refractivity contribution in [2.45, 2.75) is 52.4 Å². The van der Waals surface area contributed by atoms with Gasteiger partial charge >= 0.3 is 0 Å². The van der Waals surface area contributed by atoms with E-state index in [1.807, 2.05) is 0 Å². The summed E-state index contributed by atoms with van der Waals surface area (Å²) < 4.78 is 0. The van der Waals surface area contributed by atoms with Crippen molar-refractivity contribution in [1.29, 1.82) is 0 Å². The number of aryl methyl sites for hydroxylation is 2. The third-order valence-electron chi connectivity index (χ3n) is 3.56. The second kappa shape index (κ2) is 6.30. The van der Waals surface area contributed by atoms with E-state index < -0.39 is 0 Å². The predicted octanol–water partition coefficient (Wildman–Crippen LogP) is 4.81. The highest BCUT2D eigenvalue weighted by molar-refractivity contribution is 6.31. The zero-order valence-electron chi connectivity index (χ0n) is 11.4. The average molecular weight is 261 g/mol. The van der Waals surface area contributed by atoms with Gasteiger partial charge in [-0.05, 0) is 54.9 Å². The molecule has 1 unspecified atom stereocenters. The fourth-order valence-electron chi connectivity index (χ4n) is 2.62. The minimum absolute atomic E-state index is 0.393. The molecule has 0 fully saturated rings. The number of hydrogen-bond acceptors (Lipinski definition) is 0. The lowest BCUT2D eigenvalue weighted by molar-refractivity contribution is 0.680. The van der Waals surface area contributed by atoms with Crippen LogP contribution in [0.1, 0.15) is 49.8 Å². The molecular weight excluding hydrogens is 240 g/mol. The summed E-state index contributed by atoms with van der Waals surface area (Å²) >= 11 is 6.39. The first-order valence-electron chi connectivity index (χ1n) is 6.99. The Hall–Kier alpha value is -0.930. The van der Waals surface area contributed by atoms with E-state index >= 15 is 0 Å². The van der Waals surface area contributed by atoms with E-state index in [-0.39, 0.29) is 0 Å². The molecule has 0 spiro atoms. The summed E-state index contributed by atoms with van der Waals surface area (Å²) in [5.74, 6) is 6.83. The van der Waals surface area contributed by atoms with Gasteiger partial charge in [-0.15, -0.1) is 5.92 Å². The Labute approximate surface area is 116 Å². The van der Waals surface area contributed by atoms with E-state index in [2.05, 4.69) is 37.8 Å². The normalized spacial score (nSPS) is 15.5. The maximum absolute atomic E-state index is 6.39. The van der Waals surface area contributed by atoms with E-state index in [1.165, 1.54) is 42.4 Å². The molecule has 1 aromatic rings. The second-order valence-corrected chi connectivity index (χ2v) is 5.61. The van der Waals surface area contributed by atoms with Crippen molar-refractivity contribution in [1.82, 2.24) is 0 Å². The molecular formula is C17H21Cl.